The van der Waals surface area contributed by atoms with Crippen LogP contribution in [-0.4, -0.2) is 29.3 Å². The molecule has 2 heterocycles. The van der Waals surface area contributed by atoms with E-state index in [2.05, 4.69) is 10.5 Å². The maximum absolute atomic E-state index is 12.0. The summed E-state index contributed by atoms with van der Waals surface area (Å²) in [5, 5.41) is 4.99. The van der Waals surface area contributed by atoms with Crippen LogP contribution >= 0.6 is 0 Å². The minimum absolute atomic E-state index is 0.117. The number of nitrogens with zero attached hydrogens (tertiary/aromatic N) is 2. The number of fused-ring (bicyclic) bond motifs is 1. The molecule has 7 heteroatoms. The molecule has 0 aliphatic heterocycles. The predicted octanol–water partition coefficient (Wildman–Crippen LogP) is 3.18. The van der Waals surface area contributed by atoms with Crippen LogP contribution < -0.4 is 5.43 Å². The summed E-state index contributed by atoms with van der Waals surface area (Å²) in [6.07, 6.45) is 1.58. The van der Waals surface area contributed by atoms with E-state index in [0.29, 0.717) is 12.4 Å². The molecule has 1 aromatic carbocycles. The molecule has 0 saturated heterocycles. The highest BCUT2D eigenvalue weighted by Gasteiger charge is 2.15. The molecule has 140 valence electrons. The molecule has 0 fully saturated rings. The van der Waals surface area contributed by atoms with Crippen LogP contribution in [0, 0.1) is 13.8 Å². The number of amides is 1. The minimum atomic E-state index is -0.424. The number of hydrazone groups is 1. The Morgan fingerprint density at radius 2 is 2.00 bits per heavy atom. The zero-order valence-electron chi connectivity index (χ0n) is 15.5. The van der Waals surface area contributed by atoms with Crippen molar-refractivity contribution in [3.8, 4) is 0 Å². The van der Waals surface area contributed by atoms with Gasteiger partial charge in [0, 0.05) is 22.2 Å². The van der Waals surface area contributed by atoms with Gasteiger partial charge in [0.25, 0.3) is 0 Å². The van der Waals surface area contributed by atoms with Crippen LogP contribution in [-0.2, 0) is 16.1 Å². The van der Waals surface area contributed by atoms with E-state index < -0.39 is 5.91 Å². The lowest BCUT2D eigenvalue weighted by molar-refractivity contribution is -0.143. The highest BCUT2D eigenvalue weighted by atomic mass is 16.5. The van der Waals surface area contributed by atoms with Crippen molar-refractivity contribution in [2.75, 3.05) is 6.61 Å². The molecule has 1 N–H and O–H groups in total. The lowest BCUT2D eigenvalue weighted by Gasteiger charge is -2.07. The van der Waals surface area contributed by atoms with Gasteiger partial charge in [-0.15, -0.1) is 0 Å². The van der Waals surface area contributed by atoms with Crippen molar-refractivity contribution < 1.29 is 18.7 Å². The zero-order valence-corrected chi connectivity index (χ0v) is 15.5. The first-order valence-electron chi connectivity index (χ1n) is 8.64. The summed E-state index contributed by atoms with van der Waals surface area (Å²) < 4.78 is 12.2. The van der Waals surface area contributed by atoms with E-state index in [1.54, 1.807) is 32.2 Å². The highest BCUT2D eigenvalue weighted by Crippen LogP contribution is 2.24. The largest absolute Gasteiger partial charge is 0.465 e. The summed E-state index contributed by atoms with van der Waals surface area (Å²) in [5.41, 5.74) is 5.04. The van der Waals surface area contributed by atoms with E-state index in [9.17, 15) is 9.59 Å². The van der Waals surface area contributed by atoms with Gasteiger partial charge in [-0.2, -0.15) is 5.10 Å². The van der Waals surface area contributed by atoms with Crippen molar-refractivity contribution in [2.45, 2.75) is 27.3 Å². The average molecular weight is 367 g/mol. The predicted molar refractivity (Wildman–Crippen MR) is 102 cm³/mol. The molecule has 2 aromatic heterocycles. The number of rotatable bonds is 6. The van der Waals surface area contributed by atoms with Gasteiger partial charge in [-0.3, -0.25) is 9.59 Å². The van der Waals surface area contributed by atoms with Gasteiger partial charge < -0.3 is 13.7 Å². The fourth-order valence-electron chi connectivity index (χ4n) is 2.93. The number of furan rings is 1. The van der Waals surface area contributed by atoms with Crippen LogP contribution in [0.4, 0.5) is 0 Å². The Morgan fingerprint density at radius 1 is 1.22 bits per heavy atom. The molecule has 3 aromatic rings. The number of carbonyl (C=O) groups is 2. The van der Waals surface area contributed by atoms with Gasteiger partial charge in [0.1, 0.15) is 12.3 Å². The first-order valence-corrected chi connectivity index (χ1v) is 8.64. The summed E-state index contributed by atoms with van der Waals surface area (Å²) in [6, 6.07) is 11.0. The second-order valence-corrected chi connectivity index (χ2v) is 6.02. The van der Waals surface area contributed by atoms with Crippen LogP contribution in [0.5, 0.6) is 0 Å². The smallest absolute Gasteiger partial charge is 0.325 e. The monoisotopic (exact) mass is 367 g/mol. The number of aryl methyl sites for hydroxylation is 1. The molecular formula is C20H21N3O4. The Kier molecular flexibility index (Phi) is 5.40. The number of aromatic nitrogens is 1. The molecule has 0 atom stereocenters. The Bertz CT molecular complexity index is 1010. The zero-order chi connectivity index (χ0) is 19.4. The van der Waals surface area contributed by atoms with Gasteiger partial charge >= 0.3 is 11.9 Å². The Labute approximate surface area is 156 Å². The van der Waals surface area contributed by atoms with Crippen LogP contribution in [0.25, 0.3) is 10.9 Å². The van der Waals surface area contributed by atoms with Crippen molar-refractivity contribution in [1.29, 1.82) is 0 Å². The van der Waals surface area contributed by atoms with E-state index in [0.717, 1.165) is 22.2 Å². The molecule has 3 rings (SSSR count). The van der Waals surface area contributed by atoms with E-state index in [1.807, 2.05) is 35.8 Å². The maximum atomic E-state index is 12.0. The topological polar surface area (TPSA) is 85.8 Å². The van der Waals surface area contributed by atoms with Gasteiger partial charge in [-0.25, -0.2) is 5.43 Å². The Morgan fingerprint density at radius 3 is 2.70 bits per heavy atom. The molecule has 0 saturated carbocycles. The Balaban J connectivity index is 1.86. The summed E-state index contributed by atoms with van der Waals surface area (Å²) in [6.45, 7) is 5.90. The van der Waals surface area contributed by atoms with Gasteiger partial charge in [0.15, 0.2) is 5.76 Å². The van der Waals surface area contributed by atoms with Crippen LogP contribution in [0.15, 0.2) is 45.9 Å². The lowest BCUT2D eigenvalue weighted by Crippen LogP contribution is -2.17. The second kappa shape index (κ2) is 7.90. The van der Waals surface area contributed by atoms with E-state index in [4.69, 9.17) is 9.15 Å². The van der Waals surface area contributed by atoms with Gasteiger partial charge in [0.2, 0.25) is 0 Å². The number of benzene rings is 1. The average Bonchev–Trinajstić information content (AvgIpc) is 3.19. The van der Waals surface area contributed by atoms with Crippen molar-refractivity contribution in [3.63, 3.8) is 0 Å². The third-order valence-corrected chi connectivity index (χ3v) is 4.20. The number of nitrogens with one attached hydrogen (secondary N) is 1. The number of carbonyl (C=O) groups excluding carboxylic acids is 2. The van der Waals surface area contributed by atoms with Crippen LogP contribution in [0.3, 0.4) is 0 Å². The normalized spacial score (nSPS) is 11.2. The summed E-state index contributed by atoms with van der Waals surface area (Å²) >= 11 is 0. The molecule has 0 spiro atoms. The summed E-state index contributed by atoms with van der Waals surface area (Å²) in [7, 11) is 0. The third-order valence-electron chi connectivity index (χ3n) is 4.20. The third kappa shape index (κ3) is 3.92. The van der Waals surface area contributed by atoms with Gasteiger partial charge in [0.05, 0.1) is 12.8 Å². The van der Waals surface area contributed by atoms with Crippen molar-refractivity contribution in [1.82, 2.24) is 9.99 Å². The molecular weight excluding hydrogens is 346 g/mol. The Hall–Kier alpha value is -3.35. The molecule has 0 bridgehead atoms. The molecule has 1 amide bonds. The fraction of sp³-hybridized carbons (Fsp3) is 0.250. The van der Waals surface area contributed by atoms with Crippen molar-refractivity contribution in [2.24, 2.45) is 5.10 Å². The minimum Gasteiger partial charge on any atom is -0.465 e. The van der Waals surface area contributed by atoms with Gasteiger partial charge in [-0.05, 0) is 39.0 Å². The quantitative estimate of drug-likeness (QED) is 0.412. The van der Waals surface area contributed by atoms with E-state index in [1.165, 1.54) is 0 Å². The molecule has 0 radical (unpaired) electrons. The fourth-order valence-corrected chi connectivity index (χ4v) is 2.93. The standard InChI is InChI=1S/C20H21N3O4/c1-4-26-19(24)12-23-14(3)16(15-7-5-6-8-17(15)23)11-21-22-20(25)18-10-9-13(2)27-18/h5-11H,4,12H2,1-3H3,(H,22,25)/b21-11+. The van der Waals surface area contributed by atoms with Crippen molar-refractivity contribution >= 4 is 29.0 Å². The highest BCUT2D eigenvalue weighted by molar-refractivity contribution is 6.02. The van der Waals surface area contributed by atoms with E-state index >= 15 is 0 Å². The number of esters is 1. The summed E-state index contributed by atoms with van der Waals surface area (Å²) in [5.74, 6) is 0.131. The number of ether oxygens (including phenoxy) is 1. The van der Waals surface area contributed by atoms with Crippen LogP contribution in [0.1, 0.15) is 34.5 Å². The number of hydrogen-bond acceptors (Lipinski definition) is 5. The summed E-state index contributed by atoms with van der Waals surface area (Å²) in [4.78, 5) is 24.0. The number of hydrogen-bond donors (Lipinski definition) is 1. The molecule has 0 aliphatic rings. The van der Waals surface area contributed by atoms with E-state index in [-0.39, 0.29) is 18.3 Å². The first kappa shape index (κ1) is 18.4. The molecule has 7 nitrogen and oxygen atoms in total. The van der Waals surface area contributed by atoms with Crippen LogP contribution in [0.2, 0.25) is 0 Å². The maximum Gasteiger partial charge on any atom is 0.325 e. The SMILES string of the molecule is CCOC(=O)Cn1c(C)c(/C=N/NC(=O)c2ccc(C)o2)c2ccccc21. The second-order valence-electron chi connectivity index (χ2n) is 6.02. The first-order chi connectivity index (χ1) is 13.0. The molecule has 0 aliphatic carbocycles. The van der Waals surface area contributed by atoms with Crippen molar-refractivity contribution in [3.05, 3.63) is 59.2 Å². The molecule has 27 heavy (non-hydrogen) atoms. The van der Waals surface area contributed by atoms with Gasteiger partial charge in [-0.1, -0.05) is 18.2 Å². The lowest BCUT2D eigenvalue weighted by atomic mass is 10.1. The molecule has 0 unspecified atom stereocenters. The number of para-hydroxylation sites is 1.